The first-order valence-corrected chi connectivity index (χ1v) is 11.7. The number of halogens is 1. The summed E-state index contributed by atoms with van der Waals surface area (Å²) in [5.74, 6) is 1.11. The van der Waals surface area contributed by atoms with Gasteiger partial charge in [0.15, 0.2) is 0 Å². The van der Waals surface area contributed by atoms with E-state index in [-0.39, 0.29) is 17.9 Å². The molecular weight excluding hydrogens is 426 g/mol. The average molecular weight is 456 g/mol. The van der Waals surface area contributed by atoms with Gasteiger partial charge in [0.25, 0.3) is 5.91 Å². The van der Waals surface area contributed by atoms with Crippen molar-refractivity contribution in [1.82, 2.24) is 9.80 Å². The van der Waals surface area contributed by atoms with Crippen molar-refractivity contribution >= 4 is 29.1 Å². The quantitative estimate of drug-likeness (QED) is 0.705. The van der Waals surface area contributed by atoms with Gasteiger partial charge >= 0.3 is 0 Å². The molecule has 170 valence electrons. The fraction of sp³-hybridized carbons (Fsp3) is 0.440. The van der Waals surface area contributed by atoms with Gasteiger partial charge in [-0.05, 0) is 55.2 Å². The number of nitrogens with one attached hydrogen (secondary N) is 1. The van der Waals surface area contributed by atoms with E-state index in [1.807, 2.05) is 29.2 Å². The first kappa shape index (κ1) is 22.6. The fourth-order valence-corrected chi connectivity index (χ4v) is 4.97. The third-order valence-electron chi connectivity index (χ3n) is 6.54. The van der Waals surface area contributed by atoms with E-state index in [4.69, 9.17) is 16.3 Å². The van der Waals surface area contributed by atoms with Gasteiger partial charge < -0.3 is 15.0 Å². The fourth-order valence-electron chi connectivity index (χ4n) is 4.85. The van der Waals surface area contributed by atoms with Gasteiger partial charge in [0.2, 0.25) is 5.91 Å². The molecule has 1 heterocycles. The molecule has 7 heteroatoms. The summed E-state index contributed by atoms with van der Waals surface area (Å²) in [6, 6.07) is 14.3. The van der Waals surface area contributed by atoms with Crippen LogP contribution >= 0.6 is 11.6 Å². The summed E-state index contributed by atoms with van der Waals surface area (Å²) >= 11 is 5.95. The first-order valence-electron chi connectivity index (χ1n) is 11.3. The van der Waals surface area contributed by atoms with E-state index in [0.29, 0.717) is 42.7 Å². The van der Waals surface area contributed by atoms with Crippen LogP contribution in [-0.2, 0) is 4.79 Å². The van der Waals surface area contributed by atoms with E-state index >= 15 is 0 Å². The lowest BCUT2D eigenvalue weighted by Crippen LogP contribution is -2.56. The van der Waals surface area contributed by atoms with E-state index in [1.165, 1.54) is 12.8 Å². The Bertz CT molecular complexity index is 936. The van der Waals surface area contributed by atoms with E-state index in [0.717, 1.165) is 24.3 Å². The molecule has 2 aliphatic rings. The van der Waals surface area contributed by atoms with Crippen LogP contribution in [0.4, 0.5) is 5.69 Å². The molecule has 0 spiro atoms. The molecule has 1 aliphatic heterocycles. The number of ether oxygens (including phenoxy) is 1. The zero-order chi connectivity index (χ0) is 22.5. The van der Waals surface area contributed by atoms with Crippen molar-refractivity contribution in [2.45, 2.75) is 31.7 Å². The van der Waals surface area contributed by atoms with Crippen LogP contribution in [0, 0.1) is 5.92 Å². The highest BCUT2D eigenvalue weighted by Gasteiger charge is 2.37. The summed E-state index contributed by atoms with van der Waals surface area (Å²) in [6.07, 6.45) is 4.48. The third kappa shape index (κ3) is 5.25. The smallest absolute Gasteiger partial charge is 0.253 e. The van der Waals surface area contributed by atoms with Crippen LogP contribution in [0.5, 0.6) is 5.75 Å². The topological polar surface area (TPSA) is 61.9 Å². The molecule has 1 atom stereocenters. The molecule has 6 nitrogen and oxygen atoms in total. The Kier molecular flexibility index (Phi) is 7.33. The number of amides is 2. The van der Waals surface area contributed by atoms with Crippen molar-refractivity contribution in [2.24, 2.45) is 5.92 Å². The minimum atomic E-state index is -0.184. The second-order valence-electron chi connectivity index (χ2n) is 8.55. The molecule has 0 unspecified atom stereocenters. The monoisotopic (exact) mass is 455 g/mol. The van der Waals surface area contributed by atoms with Crippen molar-refractivity contribution in [3.63, 3.8) is 0 Å². The van der Waals surface area contributed by atoms with Gasteiger partial charge in [-0.15, -0.1) is 0 Å². The minimum Gasteiger partial charge on any atom is -0.497 e. The molecule has 32 heavy (non-hydrogen) atoms. The molecule has 1 aliphatic carbocycles. The first-order chi connectivity index (χ1) is 15.5. The Morgan fingerprint density at radius 2 is 1.72 bits per heavy atom. The number of nitrogens with zero attached hydrogens (tertiary/aromatic N) is 2. The Balaban J connectivity index is 1.43. The van der Waals surface area contributed by atoms with Crippen LogP contribution in [-0.4, -0.2) is 60.9 Å². The molecule has 2 amide bonds. The standard InChI is InChI=1S/C25H30ClN3O3/c1-32-22-8-4-7-21(17-22)27-24(30)23(18-5-2-3-6-18)28-13-15-29(16-14-28)25(31)19-9-11-20(26)12-10-19/h4,7-12,17-18,23H,2-3,5-6,13-16H2,1H3,(H,27,30)/t23-/m0/s1. The van der Waals surface area contributed by atoms with Gasteiger partial charge in [0, 0.05) is 48.5 Å². The maximum absolute atomic E-state index is 13.4. The van der Waals surface area contributed by atoms with Gasteiger partial charge in [-0.3, -0.25) is 14.5 Å². The van der Waals surface area contributed by atoms with Crippen molar-refractivity contribution < 1.29 is 14.3 Å². The van der Waals surface area contributed by atoms with E-state index in [9.17, 15) is 9.59 Å². The SMILES string of the molecule is COc1cccc(NC(=O)[C@H](C2CCCC2)N2CCN(C(=O)c3ccc(Cl)cc3)CC2)c1. The molecule has 1 saturated carbocycles. The Labute approximate surface area is 194 Å². The predicted octanol–water partition coefficient (Wildman–Crippen LogP) is 4.30. The average Bonchev–Trinajstić information content (AvgIpc) is 3.34. The van der Waals surface area contributed by atoms with Gasteiger partial charge in [-0.2, -0.15) is 0 Å². The number of rotatable bonds is 6. The van der Waals surface area contributed by atoms with Crippen molar-refractivity contribution in [2.75, 3.05) is 38.6 Å². The molecule has 2 aromatic rings. The highest BCUT2D eigenvalue weighted by atomic mass is 35.5. The third-order valence-corrected chi connectivity index (χ3v) is 6.79. The number of piperazine rings is 1. The van der Waals surface area contributed by atoms with Crippen LogP contribution in [0.2, 0.25) is 5.02 Å². The molecule has 0 bridgehead atoms. The summed E-state index contributed by atoms with van der Waals surface area (Å²) in [6.45, 7) is 2.59. The zero-order valence-corrected chi connectivity index (χ0v) is 19.2. The summed E-state index contributed by atoms with van der Waals surface area (Å²) in [7, 11) is 1.62. The molecule has 1 N–H and O–H groups in total. The summed E-state index contributed by atoms with van der Waals surface area (Å²) in [5.41, 5.74) is 1.39. The number of hydrogen-bond donors (Lipinski definition) is 1. The maximum atomic E-state index is 13.4. The van der Waals surface area contributed by atoms with Gasteiger partial charge in [-0.25, -0.2) is 0 Å². The number of methoxy groups -OCH3 is 1. The van der Waals surface area contributed by atoms with Crippen molar-refractivity contribution in [1.29, 1.82) is 0 Å². The highest BCUT2D eigenvalue weighted by molar-refractivity contribution is 6.30. The van der Waals surface area contributed by atoms with Crippen LogP contribution in [0.15, 0.2) is 48.5 Å². The number of carbonyl (C=O) groups is 2. The normalized spacial score (nSPS) is 18.4. The molecular formula is C25H30ClN3O3. The lowest BCUT2D eigenvalue weighted by atomic mass is 9.94. The molecule has 4 rings (SSSR count). The zero-order valence-electron chi connectivity index (χ0n) is 18.4. The summed E-state index contributed by atoms with van der Waals surface area (Å²) in [5, 5.41) is 3.72. The van der Waals surface area contributed by atoms with Crippen LogP contribution in [0.1, 0.15) is 36.0 Å². The van der Waals surface area contributed by atoms with Gasteiger partial charge in [0.1, 0.15) is 5.75 Å². The molecule has 0 aromatic heterocycles. The van der Waals surface area contributed by atoms with Gasteiger partial charge in [-0.1, -0.05) is 30.5 Å². The van der Waals surface area contributed by atoms with Crippen LogP contribution in [0.25, 0.3) is 0 Å². The second kappa shape index (κ2) is 10.4. The number of carbonyl (C=O) groups excluding carboxylic acids is 2. The van der Waals surface area contributed by atoms with E-state index in [2.05, 4.69) is 10.2 Å². The highest BCUT2D eigenvalue weighted by Crippen LogP contribution is 2.32. The second-order valence-corrected chi connectivity index (χ2v) is 8.98. The molecule has 0 radical (unpaired) electrons. The number of anilines is 1. The molecule has 1 saturated heterocycles. The lowest BCUT2D eigenvalue weighted by Gasteiger charge is -2.40. The predicted molar refractivity (Wildman–Crippen MR) is 126 cm³/mol. The van der Waals surface area contributed by atoms with Crippen LogP contribution < -0.4 is 10.1 Å². The Morgan fingerprint density at radius 3 is 2.38 bits per heavy atom. The number of benzene rings is 2. The lowest BCUT2D eigenvalue weighted by molar-refractivity contribution is -0.123. The molecule has 2 aromatic carbocycles. The summed E-state index contributed by atoms with van der Waals surface area (Å²) in [4.78, 5) is 30.4. The maximum Gasteiger partial charge on any atom is 0.253 e. The van der Waals surface area contributed by atoms with Gasteiger partial charge in [0.05, 0.1) is 13.2 Å². The van der Waals surface area contributed by atoms with E-state index in [1.54, 1.807) is 31.4 Å². The summed E-state index contributed by atoms with van der Waals surface area (Å²) < 4.78 is 5.28. The number of hydrogen-bond acceptors (Lipinski definition) is 4. The van der Waals surface area contributed by atoms with Crippen molar-refractivity contribution in [3.05, 3.63) is 59.1 Å². The largest absolute Gasteiger partial charge is 0.497 e. The van der Waals surface area contributed by atoms with Crippen molar-refractivity contribution in [3.8, 4) is 5.75 Å². The molecule has 2 fully saturated rings. The Hall–Kier alpha value is -2.57. The minimum absolute atomic E-state index is 0.0135. The van der Waals surface area contributed by atoms with E-state index < -0.39 is 0 Å². The van der Waals surface area contributed by atoms with Crippen LogP contribution in [0.3, 0.4) is 0 Å². The Morgan fingerprint density at radius 1 is 1.03 bits per heavy atom.